The van der Waals surface area contributed by atoms with E-state index in [4.69, 9.17) is 14.2 Å². The van der Waals surface area contributed by atoms with Gasteiger partial charge in [0.1, 0.15) is 18.4 Å². The van der Waals surface area contributed by atoms with Crippen LogP contribution in [-0.2, 0) is 23.8 Å². The summed E-state index contributed by atoms with van der Waals surface area (Å²) in [6, 6.07) is 0. The van der Waals surface area contributed by atoms with Gasteiger partial charge in [-0.2, -0.15) is 0 Å². The maximum absolute atomic E-state index is 15.1. The smallest absolute Gasteiger partial charge is 0.303 e. The number of alkyl halides is 1. The first-order valence-electron chi connectivity index (χ1n) is 11.4. The van der Waals surface area contributed by atoms with E-state index in [2.05, 4.69) is 6.92 Å². The molecule has 0 aromatic heterocycles. The van der Waals surface area contributed by atoms with Crippen molar-refractivity contribution in [3.05, 3.63) is 0 Å². The van der Waals surface area contributed by atoms with Gasteiger partial charge in [-0.1, -0.05) is 13.3 Å². The van der Waals surface area contributed by atoms with Crippen LogP contribution < -0.4 is 0 Å². The maximum Gasteiger partial charge on any atom is 0.303 e. The van der Waals surface area contributed by atoms with Crippen molar-refractivity contribution in [1.29, 1.82) is 0 Å². The molecule has 0 aromatic carbocycles. The molecule has 9 atom stereocenters. The highest BCUT2D eigenvalue weighted by molar-refractivity contribution is 5.67. The Morgan fingerprint density at radius 2 is 1.86 bits per heavy atom. The first-order chi connectivity index (χ1) is 13.7. The van der Waals surface area contributed by atoms with Crippen molar-refractivity contribution in [2.45, 2.75) is 96.1 Å². The summed E-state index contributed by atoms with van der Waals surface area (Å²) in [5.41, 5.74) is -0.899. The number of carbonyl (C=O) groups excluding carboxylic acids is 2. The van der Waals surface area contributed by atoms with E-state index in [1.807, 2.05) is 0 Å². The lowest BCUT2D eigenvalue weighted by Gasteiger charge is -2.60. The third-order valence-electron chi connectivity index (χ3n) is 9.39. The largest absolute Gasteiger partial charge is 0.465 e. The Morgan fingerprint density at radius 3 is 2.59 bits per heavy atom. The van der Waals surface area contributed by atoms with Crippen molar-refractivity contribution >= 4 is 11.9 Å². The molecule has 162 valence electrons. The van der Waals surface area contributed by atoms with Gasteiger partial charge < -0.3 is 14.2 Å². The molecule has 0 N–H and O–H groups in total. The van der Waals surface area contributed by atoms with Crippen LogP contribution in [0, 0.1) is 28.6 Å². The summed E-state index contributed by atoms with van der Waals surface area (Å²) in [4.78, 5) is 23.6. The van der Waals surface area contributed by atoms with E-state index in [0.717, 1.165) is 12.8 Å². The van der Waals surface area contributed by atoms with Gasteiger partial charge in [-0.3, -0.25) is 9.59 Å². The summed E-state index contributed by atoms with van der Waals surface area (Å²) in [6.07, 6.45) is 5.67. The van der Waals surface area contributed by atoms with Crippen LogP contribution in [0.25, 0.3) is 0 Å². The Kier molecular flexibility index (Phi) is 4.37. The average molecular weight is 409 g/mol. The van der Waals surface area contributed by atoms with Gasteiger partial charge in [0.25, 0.3) is 0 Å². The Balaban J connectivity index is 1.56. The fourth-order valence-electron chi connectivity index (χ4n) is 8.29. The third kappa shape index (κ3) is 2.60. The van der Waals surface area contributed by atoms with Crippen LogP contribution in [0.5, 0.6) is 0 Å². The third-order valence-corrected chi connectivity index (χ3v) is 9.39. The van der Waals surface area contributed by atoms with Gasteiger partial charge >= 0.3 is 11.9 Å². The standard InChI is InChI=1S/C23H33FO5/c1-13(25)27-12-22-10-7-18(24)20(28-14(2)26)23(22)19(29-23)11-15-16-5-4-8-21(16,3)9-6-17(15)22/h15-20H,4-12H2,1-3H3/t15-,16-,17-,18-,19+,20-,21-,22-,23-/m0/s1. The predicted octanol–water partition coefficient (Wildman–Crippen LogP) is 3.97. The molecule has 0 aromatic rings. The number of hydrogen-bond acceptors (Lipinski definition) is 5. The minimum absolute atomic E-state index is 0.106. The zero-order valence-corrected chi connectivity index (χ0v) is 17.7. The molecule has 1 spiro atoms. The number of carbonyl (C=O) groups is 2. The average Bonchev–Trinajstić information content (AvgIpc) is 3.24. The molecule has 0 radical (unpaired) electrons. The van der Waals surface area contributed by atoms with Crippen LogP contribution >= 0.6 is 0 Å². The van der Waals surface area contributed by atoms with Gasteiger partial charge in [0.05, 0.1) is 6.10 Å². The molecule has 6 heteroatoms. The Morgan fingerprint density at radius 1 is 1.07 bits per heavy atom. The molecule has 1 aliphatic heterocycles. The van der Waals surface area contributed by atoms with E-state index in [-0.39, 0.29) is 18.7 Å². The Hall–Kier alpha value is -1.17. The summed E-state index contributed by atoms with van der Waals surface area (Å²) in [5.74, 6) is 0.706. The maximum atomic E-state index is 15.1. The predicted molar refractivity (Wildman–Crippen MR) is 103 cm³/mol. The molecule has 0 bridgehead atoms. The molecule has 0 unspecified atom stereocenters. The first-order valence-corrected chi connectivity index (χ1v) is 11.4. The number of halogens is 1. The SMILES string of the molecule is CC(=O)OC[C@]12CC[C@H](F)[C@H](OC(C)=O)[C@]13O[C@@H]3C[C@H]1[C@@H]3CCC[C@@]3(C)CC[C@@H]12. The van der Waals surface area contributed by atoms with Crippen LogP contribution in [0.3, 0.4) is 0 Å². The molecule has 5 aliphatic rings. The van der Waals surface area contributed by atoms with Gasteiger partial charge in [-0.25, -0.2) is 4.39 Å². The van der Waals surface area contributed by atoms with Crippen LogP contribution in [0.2, 0.25) is 0 Å². The monoisotopic (exact) mass is 408 g/mol. The highest BCUT2D eigenvalue weighted by atomic mass is 19.1. The van der Waals surface area contributed by atoms with Crippen molar-refractivity contribution < 1.29 is 28.2 Å². The summed E-state index contributed by atoms with van der Waals surface area (Å²) < 4.78 is 32.6. The van der Waals surface area contributed by atoms with Crippen LogP contribution in [0.4, 0.5) is 4.39 Å². The minimum atomic E-state index is -1.23. The number of esters is 2. The summed E-state index contributed by atoms with van der Waals surface area (Å²) >= 11 is 0. The number of ether oxygens (including phenoxy) is 3. The van der Waals surface area contributed by atoms with Gasteiger partial charge in [-0.05, 0) is 68.1 Å². The van der Waals surface area contributed by atoms with Gasteiger partial charge in [0.15, 0.2) is 6.10 Å². The lowest BCUT2D eigenvalue weighted by atomic mass is 9.44. The quantitative estimate of drug-likeness (QED) is 0.522. The lowest BCUT2D eigenvalue weighted by molar-refractivity contribution is -0.200. The molecular weight excluding hydrogens is 375 g/mol. The Labute approximate surface area is 172 Å². The fourth-order valence-corrected chi connectivity index (χ4v) is 8.29. The van der Waals surface area contributed by atoms with Crippen LogP contribution in [-0.4, -0.2) is 42.5 Å². The molecule has 5 fully saturated rings. The molecule has 29 heavy (non-hydrogen) atoms. The fraction of sp³-hybridized carbons (Fsp3) is 0.913. The van der Waals surface area contributed by atoms with E-state index in [1.54, 1.807) is 0 Å². The van der Waals surface area contributed by atoms with Crippen molar-refractivity contribution in [2.75, 3.05) is 6.61 Å². The molecule has 5 nitrogen and oxygen atoms in total. The number of epoxide rings is 1. The molecule has 0 amide bonds. The zero-order valence-electron chi connectivity index (χ0n) is 17.7. The van der Waals surface area contributed by atoms with Gasteiger partial charge in [0, 0.05) is 19.3 Å². The molecule has 5 rings (SSSR count). The summed E-state index contributed by atoms with van der Waals surface area (Å²) in [6.45, 7) is 5.44. The summed E-state index contributed by atoms with van der Waals surface area (Å²) in [7, 11) is 0. The van der Waals surface area contributed by atoms with Crippen molar-refractivity contribution in [3.8, 4) is 0 Å². The van der Waals surface area contributed by atoms with E-state index in [0.29, 0.717) is 36.0 Å². The van der Waals surface area contributed by atoms with E-state index in [1.165, 1.54) is 39.5 Å². The highest BCUT2D eigenvalue weighted by Gasteiger charge is 2.82. The molecule has 4 saturated carbocycles. The molecule has 1 heterocycles. The van der Waals surface area contributed by atoms with E-state index < -0.39 is 29.3 Å². The number of hydrogen-bond donors (Lipinski definition) is 0. The van der Waals surface area contributed by atoms with Crippen molar-refractivity contribution in [3.63, 3.8) is 0 Å². The van der Waals surface area contributed by atoms with E-state index in [9.17, 15) is 9.59 Å². The topological polar surface area (TPSA) is 65.1 Å². The minimum Gasteiger partial charge on any atom is -0.465 e. The van der Waals surface area contributed by atoms with Crippen molar-refractivity contribution in [2.24, 2.45) is 28.6 Å². The Bertz CT molecular complexity index is 726. The first kappa shape index (κ1) is 19.8. The van der Waals surface area contributed by atoms with Crippen LogP contribution in [0.1, 0.15) is 72.1 Å². The molecular formula is C23H33FO5. The normalized spacial score (nSPS) is 52.4. The van der Waals surface area contributed by atoms with Crippen molar-refractivity contribution in [1.82, 2.24) is 0 Å². The van der Waals surface area contributed by atoms with E-state index >= 15 is 4.39 Å². The van der Waals surface area contributed by atoms with Crippen LogP contribution in [0.15, 0.2) is 0 Å². The second-order valence-corrected chi connectivity index (χ2v) is 10.6. The molecule has 1 saturated heterocycles. The highest BCUT2D eigenvalue weighted by Crippen LogP contribution is 2.74. The number of fused-ring (bicyclic) bond motifs is 4. The lowest BCUT2D eigenvalue weighted by Crippen LogP contribution is -2.67. The summed E-state index contributed by atoms with van der Waals surface area (Å²) in [5, 5.41) is 0. The molecule has 4 aliphatic carbocycles. The van der Waals surface area contributed by atoms with Gasteiger partial charge in [0.2, 0.25) is 0 Å². The second kappa shape index (κ2) is 6.41. The number of rotatable bonds is 3. The zero-order chi connectivity index (χ0) is 20.6. The second-order valence-electron chi connectivity index (χ2n) is 10.6. The van der Waals surface area contributed by atoms with Gasteiger partial charge in [-0.15, -0.1) is 0 Å².